The molecule has 1 aromatic rings. The van der Waals surface area contributed by atoms with Crippen molar-refractivity contribution in [3.8, 4) is 17.2 Å². The van der Waals surface area contributed by atoms with Gasteiger partial charge in [0.05, 0.1) is 19.8 Å². The van der Waals surface area contributed by atoms with Gasteiger partial charge in [0.2, 0.25) is 0 Å². The maximum absolute atomic E-state index is 9.67. The van der Waals surface area contributed by atoms with E-state index in [9.17, 15) is 5.11 Å². The minimum Gasteiger partial charge on any atom is -0.508 e. The van der Waals surface area contributed by atoms with Gasteiger partial charge in [-0.1, -0.05) is 19.3 Å². The van der Waals surface area contributed by atoms with Crippen molar-refractivity contribution in [2.24, 2.45) is 11.7 Å². The third-order valence-corrected chi connectivity index (χ3v) is 4.02. The number of aromatic hydroxyl groups is 1. The molecule has 0 heterocycles. The molecule has 114 valence electrons. The molecule has 1 atom stereocenters. The monoisotopic (exact) mass is 301 g/mol. The molecule has 1 saturated carbocycles. The first-order valence-corrected chi connectivity index (χ1v) is 6.87. The first-order valence-electron chi connectivity index (χ1n) is 6.87. The van der Waals surface area contributed by atoms with E-state index in [-0.39, 0.29) is 24.2 Å². The molecule has 4 nitrogen and oxygen atoms in total. The van der Waals surface area contributed by atoms with Crippen molar-refractivity contribution in [3.05, 3.63) is 17.7 Å². The van der Waals surface area contributed by atoms with Crippen molar-refractivity contribution in [2.75, 3.05) is 14.2 Å². The SMILES string of the molecule is COc1cc(O)cc(OC)c1[C@@H](N)C1CCCCC1.Cl. The van der Waals surface area contributed by atoms with Crippen LogP contribution in [0.1, 0.15) is 43.7 Å². The molecule has 0 bridgehead atoms. The molecule has 1 aromatic carbocycles. The van der Waals surface area contributed by atoms with Crippen molar-refractivity contribution >= 4 is 12.4 Å². The van der Waals surface area contributed by atoms with Crippen LogP contribution in [0.2, 0.25) is 0 Å². The first kappa shape index (κ1) is 16.9. The average Bonchev–Trinajstić information content (AvgIpc) is 2.46. The molecule has 0 aliphatic heterocycles. The molecule has 0 amide bonds. The summed E-state index contributed by atoms with van der Waals surface area (Å²) < 4.78 is 10.7. The molecular weight excluding hydrogens is 278 g/mol. The van der Waals surface area contributed by atoms with Gasteiger partial charge in [-0.15, -0.1) is 12.4 Å². The Kier molecular flexibility index (Phi) is 6.43. The number of ether oxygens (including phenoxy) is 2. The molecule has 2 rings (SSSR count). The maximum atomic E-state index is 9.67. The summed E-state index contributed by atoms with van der Waals surface area (Å²) >= 11 is 0. The Bertz CT molecular complexity index is 408. The fourth-order valence-corrected chi connectivity index (χ4v) is 2.98. The molecule has 1 aliphatic carbocycles. The highest BCUT2D eigenvalue weighted by Crippen LogP contribution is 2.42. The Morgan fingerprint density at radius 2 is 1.60 bits per heavy atom. The maximum Gasteiger partial charge on any atom is 0.131 e. The van der Waals surface area contributed by atoms with Gasteiger partial charge in [0.15, 0.2) is 0 Å². The third-order valence-electron chi connectivity index (χ3n) is 4.02. The normalized spacial score (nSPS) is 17.1. The van der Waals surface area contributed by atoms with Gasteiger partial charge in [-0.05, 0) is 18.8 Å². The molecule has 0 aromatic heterocycles. The zero-order chi connectivity index (χ0) is 13.8. The van der Waals surface area contributed by atoms with Gasteiger partial charge in [-0.2, -0.15) is 0 Å². The van der Waals surface area contributed by atoms with Crippen molar-refractivity contribution in [2.45, 2.75) is 38.1 Å². The Balaban J connectivity index is 0.00000200. The number of nitrogens with two attached hydrogens (primary N) is 1. The molecule has 0 radical (unpaired) electrons. The minimum atomic E-state index is -0.106. The number of phenols is 1. The van der Waals surface area contributed by atoms with Gasteiger partial charge in [0.1, 0.15) is 17.2 Å². The fraction of sp³-hybridized carbons (Fsp3) is 0.600. The van der Waals surface area contributed by atoms with Gasteiger partial charge in [0.25, 0.3) is 0 Å². The standard InChI is InChI=1S/C15H23NO3.ClH/c1-18-12-8-11(17)9-13(19-2)14(12)15(16)10-6-4-3-5-7-10;/h8-10,15,17H,3-7,16H2,1-2H3;1H/t15-;/m0./s1. The zero-order valence-corrected chi connectivity index (χ0v) is 12.9. The van der Waals surface area contributed by atoms with Crippen molar-refractivity contribution < 1.29 is 14.6 Å². The number of benzene rings is 1. The van der Waals surface area contributed by atoms with E-state index in [4.69, 9.17) is 15.2 Å². The van der Waals surface area contributed by atoms with Gasteiger partial charge in [0, 0.05) is 18.2 Å². The topological polar surface area (TPSA) is 64.7 Å². The Labute approximate surface area is 126 Å². The van der Waals surface area contributed by atoms with E-state index in [1.165, 1.54) is 19.3 Å². The summed E-state index contributed by atoms with van der Waals surface area (Å²) in [5.74, 6) is 1.80. The smallest absolute Gasteiger partial charge is 0.131 e. The van der Waals surface area contributed by atoms with Crippen molar-refractivity contribution in [1.29, 1.82) is 0 Å². The van der Waals surface area contributed by atoms with E-state index in [0.717, 1.165) is 18.4 Å². The molecule has 5 heteroatoms. The first-order chi connectivity index (χ1) is 9.17. The van der Waals surface area contributed by atoms with Crippen LogP contribution in [0.25, 0.3) is 0 Å². The van der Waals surface area contributed by atoms with E-state index in [2.05, 4.69) is 0 Å². The second-order valence-corrected chi connectivity index (χ2v) is 5.19. The van der Waals surface area contributed by atoms with Crippen LogP contribution in [-0.4, -0.2) is 19.3 Å². The summed E-state index contributed by atoms with van der Waals surface area (Å²) in [6.07, 6.45) is 6.07. The lowest BCUT2D eigenvalue weighted by atomic mass is 9.81. The highest BCUT2D eigenvalue weighted by atomic mass is 35.5. The lowest BCUT2D eigenvalue weighted by molar-refractivity contribution is 0.291. The number of methoxy groups -OCH3 is 2. The summed E-state index contributed by atoms with van der Waals surface area (Å²) in [5, 5.41) is 9.67. The lowest BCUT2D eigenvalue weighted by Gasteiger charge is -2.29. The molecule has 0 unspecified atom stereocenters. The van der Waals surface area contributed by atoms with Gasteiger partial charge in [-0.3, -0.25) is 0 Å². The molecule has 20 heavy (non-hydrogen) atoms. The predicted molar refractivity (Wildman–Crippen MR) is 82.0 cm³/mol. The summed E-state index contributed by atoms with van der Waals surface area (Å²) in [6, 6.07) is 3.09. The van der Waals surface area contributed by atoms with Crippen LogP contribution < -0.4 is 15.2 Å². The zero-order valence-electron chi connectivity index (χ0n) is 12.1. The molecule has 3 N–H and O–H groups in total. The van der Waals surface area contributed by atoms with E-state index < -0.39 is 0 Å². The van der Waals surface area contributed by atoms with E-state index in [1.54, 1.807) is 26.4 Å². The molecular formula is C15H24ClNO3. The van der Waals surface area contributed by atoms with Crippen LogP contribution in [0.15, 0.2) is 12.1 Å². The highest BCUT2D eigenvalue weighted by Gasteiger charge is 2.27. The van der Waals surface area contributed by atoms with Gasteiger partial charge < -0.3 is 20.3 Å². The van der Waals surface area contributed by atoms with Crippen molar-refractivity contribution in [1.82, 2.24) is 0 Å². The minimum absolute atomic E-state index is 0. The number of rotatable bonds is 4. The number of phenolic OH excluding ortho intramolecular Hbond substituents is 1. The van der Waals surface area contributed by atoms with Crippen LogP contribution in [0, 0.1) is 5.92 Å². The third kappa shape index (κ3) is 3.49. The quantitative estimate of drug-likeness (QED) is 0.894. The Morgan fingerprint density at radius 1 is 1.10 bits per heavy atom. The summed E-state index contributed by atoms with van der Waals surface area (Å²) in [5.41, 5.74) is 7.30. The average molecular weight is 302 g/mol. The summed E-state index contributed by atoms with van der Waals surface area (Å²) in [7, 11) is 3.18. The van der Waals surface area contributed by atoms with E-state index in [1.807, 2.05) is 0 Å². The number of hydrogen-bond acceptors (Lipinski definition) is 4. The molecule has 0 spiro atoms. The molecule has 1 aliphatic rings. The largest absolute Gasteiger partial charge is 0.508 e. The van der Waals surface area contributed by atoms with Crippen LogP contribution in [0.4, 0.5) is 0 Å². The lowest BCUT2D eigenvalue weighted by Crippen LogP contribution is -2.24. The van der Waals surface area contributed by atoms with Gasteiger partial charge >= 0.3 is 0 Å². The van der Waals surface area contributed by atoms with Crippen LogP contribution in [0.3, 0.4) is 0 Å². The second-order valence-electron chi connectivity index (χ2n) is 5.19. The highest BCUT2D eigenvalue weighted by molar-refractivity contribution is 5.85. The van der Waals surface area contributed by atoms with E-state index >= 15 is 0 Å². The van der Waals surface area contributed by atoms with Crippen LogP contribution in [-0.2, 0) is 0 Å². The molecule has 1 fully saturated rings. The van der Waals surface area contributed by atoms with Crippen molar-refractivity contribution in [3.63, 3.8) is 0 Å². The number of halogens is 1. The van der Waals surface area contributed by atoms with E-state index in [0.29, 0.717) is 17.4 Å². The van der Waals surface area contributed by atoms with Crippen LogP contribution >= 0.6 is 12.4 Å². The second kappa shape index (κ2) is 7.60. The number of hydrogen-bond donors (Lipinski definition) is 2. The Morgan fingerprint density at radius 3 is 2.05 bits per heavy atom. The summed E-state index contributed by atoms with van der Waals surface area (Å²) in [4.78, 5) is 0. The summed E-state index contributed by atoms with van der Waals surface area (Å²) in [6.45, 7) is 0. The van der Waals surface area contributed by atoms with Crippen LogP contribution in [0.5, 0.6) is 17.2 Å². The molecule has 0 saturated heterocycles. The Hall–Kier alpha value is -1.13. The predicted octanol–water partition coefficient (Wildman–Crippen LogP) is 3.41. The fourth-order valence-electron chi connectivity index (χ4n) is 2.98. The van der Waals surface area contributed by atoms with Gasteiger partial charge in [-0.25, -0.2) is 0 Å².